The van der Waals surface area contributed by atoms with E-state index in [2.05, 4.69) is 47.0 Å². The molecule has 2 aromatic rings. The van der Waals surface area contributed by atoms with Crippen LogP contribution < -0.4 is 20.1 Å². The standard InChI is InChI=1S/C25H34N2O2/c1-28-21-12-13-23(29-2)20(16-21)17-27-25-22-11-7-6-8-18(22)14-15-26-24(25)19-9-4-3-5-10-19/h3-5,9-10,12-13,16,18,22,24-27H,6-8,11,14-15,17H2,1-2H3. The SMILES string of the molecule is COc1ccc(OC)c(CNC2C(c3ccccc3)NCCC3CCCCC32)c1. The fourth-order valence-corrected chi connectivity index (χ4v) is 5.37. The van der Waals surface area contributed by atoms with Gasteiger partial charge in [0.1, 0.15) is 11.5 Å². The van der Waals surface area contributed by atoms with Gasteiger partial charge in [0.15, 0.2) is 0 Å². The lowest BCUT2D eigenvalue weighted by molar-refractivity contribution is 0.170. The largest absolute Gasteiger partial charge is 0.497 e. The van der Waals surface area contributed by atoms with Crippen molar-refractivity contribution in [3.05, 3.63) is 59.7 Å². The zero-order chi connectivity index (χ0) is 20.1. The third kappa shape index (κ3) is 4.59. The van der Waals surface area contributed by atoms with Gasteiger partial charge in [-0.3, -0.25) is 0 Å². The van der Waals surface area contributed by atoms with Gasteiger partial charge in [0.05, 0.1) is 14.2 Å². The fourth-order valence-electron chi connectivity index (χ4n) is 5.37. The number of hydrogen-bond acceptors (Lipinski definition) is 4. The summed E-state index contributed by atoms with van der Waals surface area (Å²) in [6.45, 7) is 1.88. The monoisotopic (exact) mass is 394 g/mol. The Balaban J connectivity index is 1.61. The van der Waals surface area contributed by atoms with Crippen molar-refractivity contribution in [2.75, 3.05) is 20.8 Å². The summed E-state index contributed by atoms with van der Waals surface area (Å²) in [6, 6.07) is 17.7. The number of nitrogens with one attached hydrogen (secondary N) is 2. The van der Waals surface area contributed by atoms with Crippen LogP contribution in [0.15, 0.2) is 48.5 Å². The molecule has 1 aliphatic heterocycles. The Morgan fingerprint density at radius 3 is 2.59 bits per heavy atom. The Hall–Kier alpha value is -2.04. The zero-order valence-electron chi connectivity index (χ0n) is 17.7. The number of fused-ring (bicyclic) bond motifs is 1. The highest BCUT2D eigenvalue weighted by Gasteiger charge is 2.38. The molecule has 2 fully saturated rings. The molecule has 4 nitrogen and oxygen atoms in total. The summed E-state index contributed by atoms with van der Waals surface area (Å²) in [4.78, 5) is 0. The molecule has 156 valence electrons. The van der Waals surface area contributed by atoms with Gasteiger partial charge in [-0.2, -0.15) is 0 Å². The van der Waals surface area contributed by atoms with Crippen LogP contribution in [0.4, 0.5) is 0 Å². The normalized spacial score (nSPS) is 27.0. The molecule has 0 radical (unpaired) electrons. The first-order valence-electron chi connectivity index (χ1n) is 11.0. The van der Waals surface area contributed by atoms with Crippen molar-refractivity contribution in [1.29, 1.82) is 0 Å². The fraction of sp³-hybridized carbons (Fsp3) is 0.520. The third-order valence-corrected chi connectivity index (χ3v) is 6.84. The molecule has 2 aromatic carbocycles. The van der Waals surface area contributed by atoms with Crippen LogP contribution in [-0.4, -0.2) is 26.8 Å². The lowest BCUT2D eigenvalue weighted by atomic mass is 9.72. The molecule has 0 aromatic heterocycles. The molecule has 2 aliphatic rings. The molecule has 29 heavy (non-hydrogen) atoms. The summed E-state index contributed by atoms with van der Waals surface area (Å²) >= 11 is 0. The molecule has 1 heterocycles. The van der Waals surface area contributed by atoms with E-state index in [0.717, 1.165) is 36.1 Å². The highest BCUT2D eigenvalue weighted by molar-refractivity contribution is 5.40. The molecule has 4 rings (SSSR count). The van der Waals surface area contributed by atoms with Crippen LogP contribution in [-0.2, 0) is 6.54 Å². The lowest BCUT2D eigenvalue weighted by Gasteiger charge is -2.39. The van der Waals surface area contributed by atoms with E-state index in [1.165, 1.54) is 37.7 Å². The molecule has 4 heteroatoms. The molecule has 1 saturated heterocycles. The minimum atomic E-state index is 0.334. The maximum Gasteiger partial charge on any atom is 0.123 e. The molecular formula is C25H34N2O2. The molecular weight excluding hydrogens is 360 g/mol. The molecule has 0 amide bonds. The highest BCUT2D eigenvalue weighted by Crippen LogP contribution is 2.40. The van der Waals surface area contributed by atoms with Gasteiger partial charge in [0.2, 0.25) is 0 Å². The molecule has 0 bridgehead atoms. The van der Waals surface area contributed by atoms with E-state index < -0.39 is 0 Å². The summed E-state index contributed by atoms with van der Waals surface area (Å²) < 4.78 is 11.1. The van der Waals surface area contributed by atoms with Gasteiger partial charge in [0, 0.05) is 24.2 Å². The van der Waals surface area contributed by atoms with Crippen molar-refractivity contribution in [3.8, 4) is 11.5 Å². The molecule has 4 unspecified atom stereocenters. The summed E-state index contributed by atoms with van der Waals surface area (Å²) in [5.41, 5.74) is 2.53. The average molecular weight is 395 g/mol. The van der Waals surface area contributed by atoms with Crippen LogP contribution in [0.1, 0.15) is 49.3 Å². The number of hydrogen-bond donors (Lipinski definition) is 2. The Labute approximate surface area is 175 Å². The molecule has 0 spiro atoms. The van der Waals surface area contributed by atoms with Crippen LogP contribution in [0.2, 0.25) is 0 Å². The number of ether oxygens (including phenoxy) is 2. The molecule has 2 N–H and O–H groups in total. The summed E-state index contributed by atoms with van der Waals surface area (Å²) in [5, 5.41) is 7.83. The van der Waals surface area contributed by atoms with E-state index in [1.54, 1.807) is 14.2 Å². The maximum atomic E-state index is 5.62. The molecule has 4 atom stereocenters. The zero-order valence-corrected chi connectivity index (χ0v) is 17.7. The first kappa shape index (κ1) is 20.2. The van der Waals surface area contributed by atoms with Crippen molar-refractivity contribution >= 4 is 0 Å². The van der Waals surface area contributed by atoms with E-state index >= 15 is 0 Å². The summed E-state index contributed by atoms with van der Waals surface area (Å²) in [7, 11) is 3.45. The van der Waals surface area contributed by atoms with Crippen LogP contribution >= 0.6 is 0 Å². The van der Waals surface area contributed by atoms with Gasteiger partial charge in [-0.25, -0.2) is 0 Å². The van der Waals surface area contributed by atoms with Crippen LogP contribution in [0, 0.1) is 11.8 Å². The topological polar surface area (TPSA) is 42.5 Å². The van der Waals surface area contributed by atoms with E-state index in [4.69, 9.17) is 9.47 Å². The van der Waals surface area contributed by atoms with Crippen molar-refractivity contribution in [2.24, 2.45) is 11.8 Å². The summed E-state index contributed by atoms with van der Waals surface area (Å²) in [6.07, 6.45) is 6.71. The molecule has 1 saturated carbocycles. The van der Waals surface area contributed by atoms with E-state index in [0.29, 0.717) is 18.0 Å². The van der Waals surface area contributed by atoms with Crippen molar-refractivity contribution in [2.45, 2.75) is 50.7 Å². The van der Waals surface area contributed by atoms with Gasteiger partial charge in [0.25, 0.3) is 0 Å². The quantitative estimate of drug-likeness (QED) is 0.745. The second-order valence-corrected chi connectivity index (χ2v) is 8.42. The average Bonchev–Trinajstić information content (AvgIpc) is 2.97. The van der Waals surface area contributed by atoms with Crippen molar-refractivity contribution < 1.29 is 9.47 Å². The number of rotatable bonds is 6. The van der Waals surface area contributed by atoms with Crippen LogP contribution in [0.5, 0.6) is 11.5 Å². The minimum Gasteiger partial charge on any atom is -0.497 e. The first-order chi connectivity index (χ1) is 14.3. The Bertz CT molecular complexity index is 780. The van der Waals surface area contributed by atoms with E-state index in [1.807, 2.05) is 12.1 Å². The second-order valence-electron chi connectivity index (χ2n) is 8.42. The maximum absolute atomic E-state index is 5.62. The van der Waals surface area contributed by atoms with E-state index in [-0.39, 0.29) is 0 Å². The van der Waals surface area contributed by atoms with Crippen molar-refractivity contribution in [3.63, 3.8) is 0 Å². The Morgan fingerprint density at radius 2 is 1.79 bits per heavy atom. The number of methoxy groups -OCH3 is 2. The van der Waals surface area contributed by atoms with Gasteiger partial charge in [-0.15, -0.1) is 0 Å². The first-order valence-corrected chi connectivity index (χ1v) is 11.0. The highest BCUT2D eigenvalue weighted by atomic mass is 16.5. The third-order valence-electron chi connectivity index (χ3n) is 6.84. The second kappa shape index (κ2) is 9.64. The lowest BCUT2D eigenvalue weighted by Crippen LogP contribution is -2.46. The van der Waals surface area contributed by atoms with Crippen LogP contribution in [0.25, 0.3) is 0 Å². The molecule has 1 aliphatic carbocycles. The van der Waals surface area contributed by atoms with Crippen molar-refractivity contribution in [1.82, 2.24) is 10.6 Å². The Kier molecular flexibility index (Phi) is 6.73. The predicted octanol–water partition coefficient (Wildman–Crippen LogP) is 4.70. The smallest absolute Gasteiger partial charge is 0.123 e. The minimum absolute atomic E-state index is 0.334. The van der Waals surface area contributed by atoms with Gasteiger partial charge in [-0.05, 0) is 55.0 Å². The Morgan fingerprint density at radius 1 is 0.966 bits per heavy atom. The number of benzene rings is 2. The van der Waals surface area contributed by atoms with Gasteiger partial charge in [-0.1, -0.05) is 49.6 Å². The van der Waals surface area contributed by atoms with Gasteiger partial charge < -0.3 is 20.1 Å². The van der Waals surface area contributed by atoms with Crippen LogP contribution in [0.3, 0.4) is 0 Å². The van der Waals surface area contributed by atoms with E-state index in [9.17, 15) is 0 Å². The van der Waals surface area contributed by atoms with Gasteiger partial charge >= 0.3 is 0 Å². The summed E-state index contributed by atoms with van der Waals surface area (Å²) in [5.74, 6) is 3.31. The predicted molar refractivity (Wildman–Crippen MR) is 117 cm³/mol.